The molecule has 2 N–H and O–H groups in total. The highest BCUT2D eigenvalue weighted by molar-refractivity contribution is 7.99. The SMILES string of the molecule is O=C(NCCSc1ccc(Cl)cc1)NCc1ccccc1F. The molecule has 2 rings (SSSR count). The van der Waals surface area contributed by atoms with E-state index in [0.29, 0.717) is 17.1 Å². The molecule has 0 aromatic heterocycles. The summed E-state index contributed by atoms with van der Waals surface area (Å²) >= 11 is 7.44. The summed E-state index contributed by atoms with van der Waals surface area (Å²) in [6, 6.07) is 13.6. The van der Waals surface area contributed by atoms with Crippen LogP contribution >= 0.6 is 23.4 Å². The fraction of sp³-hybridized carbons (Fsp3) is 0.188. The van der Waals surface area contributed by atoms with E-state index in [1.807, 2.05) is 24.3 Å². The van der Waals surface area contributed by atoms with E-state index in [2.05, 4.69) is 10.6 Å². The quantitative estimate of drug-likeness (QED) is 0.615. The second-order valence-corrected chi connectivity index (χ2v) is 6.11. The molecule has 116 valence electrons. The van der Waals surface area contributed by atoms with Gasteiger partial charge in [0.1, 0.15) is 5.82 Å². The maximum absolute atomic E-state index is 13.4. The molecular formula is C16H16ClFN2OS. The smallest absolute Gasteiger partial charge is 0.315 e. The van der Waals surface area contributed by atoms with Gasteiger partial charge in [-0.25, -0.2) is 9.18 Å². The van der Waals surface area contributed by atoms with Gasteiger partial charge in [0.05, 0.1) is 0 Å². The molecule has 0 aliphatic carbocycles. The summed E-state index contributed by atoms with van der Waals surface area (Å²) in [5.41, 5.74) is 0.466. The van der Waals surface area contributed by atoms with Crippen LogP contribution in [0.15, 0.2) is 53.4 Å². The summed E-state index contributed by atoms with van der Waals surface area (Å²) in [5, 5.41) is 6.07. The van der Waals surface area contributed by atoms with Crippen LogP contribution in [0.25, 0.3) is 0 Å². The molecule has 3 nitrogen and oxygen atoms in total. The molecule has 2 aromatic carbocycles. The molecule has 0 heterocycles. The zero-order valence-electron chi connectivity index (χ0n) is 11.8. The van der Waals surface area contributed by atoms with Gasteiger partial charge in [-0.3, -0.25) is 0 Å². The Kier molecular flexibility index (Phi) is 6.55. The number of benzene rings is 2. The number of carbonyl (C=O) groups is 1. The van der Waals surface area contributed by atoms with Gasteiger partial charge < -0.3 is 10.6 Å². The van der Waals surface area contributed by atoms with Crippen LogP contribution in [0.2, 0.25) is 5.02 Å². The number of rotatable bonds is 6. The van der Waals surface area contributed by atoms with E-state index in [1.165, 1.54) is 6.07 Å². The predicted octanol–water partition coefficient (Wildman–Crippen LogP) is 4.07. The molecule has 0 unspecified atom stereocenters. The van der Waals surface area contributed by atoms with E-state index in [0.717, 1.165) is 10.6 Å². The first-order valence-corrected chi connectivity index (χ1v) is 8.15. The summed E-state index contributed by atoms with van der Waals surface area (Å²) < 4.78 is 13.4. The van der Waals surface area contributed by atoms with Crippen LogP contribution in [-0.4, -0.2) is 18.3 Å². The zero-order chi connectivity index (χ0) is 15.8. The first kappa shape index (κ1) is 16.6. The van der Waals surface area contributed by atoms with Crippen molar-refractivity contribution in [2.45, 2.75) is 11.4 Å². The van der Waals surface area contributed by atoms with Crippen LogP contribution in [0, 0.1) is 5.82 Å². The molecule has 22 heavy (non-hydrogen) atoms. The van der Waals surface area contributed by atoms with E-state index in [1.54, 1.807) is 30.0 Å². The van der Waals surface area contributed by atoms with E-state index >= 15 is 0 Å². The standard InChI is InChI=1S/C16H16ClFN2OS/c17-13-5-7-14(8-6-13)22-10-9-19-16(21)20-11-12-3-1-2-4-15(12)18/h1-8H,9-11H2,(H2,19,20,21). The van der Waals surface area contributed by atoms with Gasteiger partial charge in [-0.1, -0.05) is 29.8 Å². The van der Waals surface area contributed by atoms with Crippen molar-refractivity contribution in [1.29, 1.82) is 0 Å². The maximum atomic E-state index is 13.4. The summed E-state index contributed by atoms with van der Waals surface area (Å²) in [6.07, 6.45) is 0. The number of carbonyl (C=O) groups excluding carboxylic acids is 1. The molecule has 0 saturated carbocycles. The first-order valence-electron chi connectivity index (χ1n) is 6.78. The van der Waals surface area contributed by atoms with Gasteiger partial charge >= 0.3 is 6.03 Å². The Balaban J connectivity index is 1.64. The Bertz CT molecular complexity index is 622. The van der Waals surface area contributed by atoms with Gasteiger partial charge in [0.25, 0.3) is 0 Å². The second-order valence-electron chi connectivity index (χ2n) is 4.50. The van der Waals surface area contributed by atoms with Crippen molar-refractivity contribution in [1.82, 2.24) is 10.6 Å². The van der Waals surface area contributed by atoms with Crippen molar-refractivity contribution in [3.63, 3.8) is 0 Å². The van der Waals surface area contributed by atoms with Gasteiger partial charge in [-0.2, -0.15) is 0 Å². The highest BCUT2D eigenvalue weighted by atomic mass is 35.5. The third-order valence-corrected chi connectivity index (χ3v) is 4.13. The number of hydrogen-bond donors (Lipinski definition) is 2. The minimum atomic E-state index is -0.318. The van der Waals surface area contributed by atoms with Crippen LogP contribution in [0.3, 0.4) is 0 Å². The van der Waals surface area contributed by atoms with Crippen molar-refractivity contribution >= 4 is 29.4 Å². The Morgan fingerprint density at radius 2 is 1.82 bits per heavy atom. The number of urea groups is 1. The van der Waals surface area contributed by atoms with E-state index in [4.69, 9.17) is 11.6 Å². The fourth-order valence-corrected chi connectivity index (χ4v) is 2.64. The Hall–Kier alpha value is -1.72. The van der Waals surface area contributed by atoms with E-state index in [9.17, 15) is 9.18 Å². The minimum absolute atomic E-state index is 0.169. The van der Waals surface area contributed by atoms with Gasteiger partial charge in [-0.05, 0) is 30.3 Å². The van der Waals surface area contributed by atoms with Crippen LogP contribution in [0.1, 0.15) is 5.56 Å². The molecule has 0 atom stereocenters. The lowest BCUT2D eigenvalue weighted by molar-refractivity contribution is 0.241. The zero-order valence-corrected chi connectivity index (χ0v) is 13.4. The lowest BCUT2D eigenvalue weighted by Gasteiger charge is -2.08. The fourth-order valence-electron chi connectivity index (χ4n) is 1.74. The van der Waals surface area contributed by atoms with Crippen LogP contribution in [0.4, 0.5) is 9.18 Å². The number of thioether (sulfide) groups is 1. The largest absolute Gasteiger partial charge is 0.337 e. The summed E-state index contributed by atoms with van der Waals surface area (Å²) in [6.45, 7) is 0.694. The average molecular weight is 339 g/mol. The molecule has 6 heteroatoms. The highest BCUT2D eigenvalue weighted by Gasteiger charge is 2.03. The second kappa shape index (κ2) is 8.66. The summed E-state index contributed by atoms with van der Waals surface area (Å²) in [4.78, 5) is 12.7. The van der Waals surface area contributed by atoms with Crippen molar-refractivity contribution in [3.8, 4) is 0 Å². The average Bonchev–Trinajstić information content (AvgIpc) is 2.52. The molecule has 0 radical (unpaired) electrons. The molecule has 2 amide bonds. The summed E-state index contributed by atoms with van der Waals surface area (Å²) in [7, 11) is 0. The van der Waals surface area contributed by atoms with Crippen LogP contribution in [0.5, 0.6) is 0 Å². The number of amides is 2. The molecule has 0 aliphatic rings. The third-order valence-electron chi connectivity index (χ3n) is 2.87. The molecule has 0 saturated heterocycles. The molecule has 0 bridgehead atoms. The maximum Gasteiger partial charge on any atom is 0.315 e. The Morgan fingerprint density at radius 3 is 2.55 bits per heavy atom. The molecule has 0 spiro atoms. The molecular weight excluding hydrogens is 323 g/mol. The minimum Gasteiger partial charge on any atom is -0.337 e. The van der Waals surface area contributed by atoms with Crippen molar-refractivity contribution < 1.29 is 9.18 Å². The number of hydrogen-bond acceptors (Lipinski definition) is 2. The van der Waals surface area contributed by atoms with Crippen LogP contribution < -0.4 is 10.6 Å². The van der Waals surface area contributed by atoms with Gasteiger partial charge in [0.15, 0.2) is 0 Å². The Labute approximate surface area is 138 Å². The van der Waals surface area contributed by atoms with Gasteiger partial charge in [0.2, 0.25) is 0 Å². The van der Waals surface area contributed by atoms with Gasteiger partial charge in [-0.15, -0.1) is 11.8 Å². The van der Waals surface area contributed by atoms with E-state index in [-0.39, 0.29) is 18.4 Å². The van der Waals surface area contributed by atoms with Crippen molar-refractivity contribution in [2.24, 2.45) is 0 Å². The van der Waals surface area contributed by atoms with Crippen molar-refractivity contribution in [2.75, 3.05) is 12.3 Å². The topological polar surface area (TPSA) is 41.1 Å². The summed E-state index contributed by atoms with van der Waals surface area (Å²) in [5.74, 6) is 0.426. The highest BCUT2D eigenvalue weighted by Crippen LogP contribution is 2.19. The monoisotopic (exact) mass is 338 g/mol. The predicted molar refractivity (Wildman–Crippen MR) is 88.8 cm³/mol. The number of halogens is 2. The van der Waals surface area contributed by atoms with Crippen molar-refractivity contribution in [3.05, 3.63) is 64.9 Å². The van der Waals surface area contributed by atoms with Gasteiger partial charge in [0, 0.05) is 34.3 Å². The third kappa shape index (κ3) is 5.58. The molecule has 0 aliphatic heterocycles. The number of nitrogens with one attached hydrogen (secondary N) is 2. The Morgan fingerprint density at radius 1 is 1.09 bits per heavy atom. The lowest BCUT2D eigenvalue weighted by Crippen LogP contribution is -2.36. The normalized spacial score (nSPS) is 10.3. The lowest BCUT2D eigenvalue weighted by atomic mass is 10.2. The first-order chi connectivity index (χ1) is 10.6. The molecule has 0 fully saturated rings. The van der Waals surface area contributed by atoms with E-state index < -0.39 is 0 Å². The molecule has 2 aromatic rings. The van der Waals surface area contributed by atoms with Crippen LogP contribution in [-0.2, 0) is 6.54 Å².